The van der Waals surface area contributed by atoms with Crippen molar-refractivity contribution in [2.75, 3.05) is 13.6 Å². The van der Waals surface area contributed by atoms with Gasteiger partial charge in [0.25, 0.3) is 0 Å². The highest BCUT2D eigenvalue weighted by atomic mass is 16.4. The lowest BCUT2D eigenvalue weighted by Gasteiger charge is -2.17. The SMILES string of the molecule is CC(N)C(=O)N(C)CCC(=O)O. The number of hydrogen-bond donors (Lipinski definition) is 2. The van der Waals surface area contributed by atoms with Gasteiger partial charge in [0.2, 0.25) is 5.91 Å². The number of nitrogens with two attached hydrogens (primary N) is 1. The summed E-state index contributed by atoms with van der Waals surface area (Å²) in [4.78, 5) is 22.5. The van der Waals surface area contributed by atoms with Crippen molar-refractivity contribution in [1.82, 2.24) is 4.90 Å². The molecule has 0 rings (SSSR count). The average molecular weight is 174 g/mol. The van der Waals surface area contributed by atoms with E-state index in [9.17, 15) is 9.59 Å². The van der Waals surface area contributed by atoms with E-state index in [-0.39, 0.29) is 18.9 Å². The number of likely N-dealkylation sites (N-methyl/N-ethyl adjacent to an activating group) is 1. The van der Waals surface area contributed by atoms with E-state index in [0.29, 0.717) is 0 Å². The molecular weight excluding hydrogens is 160 g/mol. The van der Waals surface area contributed by atoms with Crippen LogP contribution in [0.4, 0.5) is 0 Å². The minimum atomic E-state index is -0.917. The Morgan fingerprint density at radius 1 is 1.58 bits per heavy atom. The third-order valence-electron chi connectivity index (χ3n) is 1.43. The Morgan fingerprint density at radius 2 is 2.08 bits per heavy atom. The molecule has 0 aromatic heterocycles. The van der Waals surface area contributed by atoms with E-state index in [4.69, 9.17) is 10.8 Å². The molecule has 0 spiro atoms. The summed E-state index contributed by atoms with van der Waals surface area (Å²) < 4.78 is 0. The van der Waals surface area contributed by atoms with Crippen LogP contribution >= 0.6 is 0 Å². The monoisotopic (exact) mass is 174 g/mol. The fraction of sp³-hybridized carbons (Fsp3) is 0.714. The summed E-state index contributed by atoms with van der Waals surface area (Å²) in [5.41, 5.74) is 5.30. The van der Waals surface area contributed by atoms with Crippen molar-refractivity contribution in [2.24, 2.45) is 5.73 Å². The van der Waals surface area contributed by atoms with E-state index in [1.807, 2.05) is 0 Å². The number of carboxylic acids is 1. The topological polar surface area (TPSA) is 83.6 Å². The highest BCUT2D eigenvalue weighted by Gasteiger charge is 2.13. The third kappa shape index (κ3) is 3.92. The van der Waals surface area contributed by atoms with Crippen molar-refractivity contribution in [3.8, 4) is 0 Å². The highest BCUT2D eigenvalue weighted by Crippen LogP contribution is 1.91. The van der Waals surface area contributed by atoms with Gasteiger partial charge in [-0.2, -0.15) is 0 Å². The molecule has 70 valence electrons. The van der Waals surface area contributed by atoms with Crippen molar-refractivity contribution >= 4 is 11.9 Å². The van der Waals surface area contributed by atoms with Gasteiger partial charge in [0.15, 0.2) is 0 Å². The van der Waals surface area contributed by atoms with Crippen LogP contribution < -0.4 is 5.73 Å². The minimum absolute atomic E-state index is 0.0467. The number of nitrogens with zero attached hydrogens (tertiary/aromatic N) is 1. The molecule has 12 heavy (non-hydrogen) atoms. The van der Waals surface area contributed by atoms with Crippen LogP contribution in [0.15, 0.2) is 0 Å². The molecular formula is C7H14N2O3. The zero-order chi connectivity index (χ0) is 9.72. The van der Waals surface area contributed by atoms with Crippen molar-refractivity contribution in [1.29, 1.82) is 0 Å². The van der Waals surface area contributed by atoms with Gasteiger partial charge in [0.1, 0.15) is 0 Å². The molecule has 0 aliphatic rings. The molecule has 1 unspecified atom stereocenters. The normalized spacial score (nSPS) is 12.2. The zero-order valence-electron chi connectivity index (χ0n) is 7.28. The van der Waals surface area contributed by atoms with Crippen LogP contribution in [0.1, 0.15) is 13.3 Å². The molecule has 0 heterocycles. The van der Waals surface area contributed by atoms with E-state index in [2.05, 4.69) is 0 Å². The molecule has 3 N–H and O–H groups in total. The summed E-state index contributed by atoms with van der Waals surface area (Å²) >= 11 is 0. The molecule has 0 radical (unpaired) electrons. The molecule has 0 aromatic carbocycles. The number of hydrogen-bond acceptors (Lipinski definition) is 3. The molecule has 0 aliphatic heterocycles. The molecule has 0 saturated heterocycles. The minimum Gasteiger partial charge on any atom is -0.481 e. The van der Waals surface area contributed by atoms with Gasteiger partial charge in [0.05, 0.1) is 12.5 Å². The van der Waals surface area contributed by atoms with Crippen LogP contribution in [-0.4, -0.2) is 41.5 Å². The van der Waals surface area contributed by atoms with Crippen molar-refractivity contribution in [3.05, 3.63) is 0 Å². The van der Waals surface area contributed by atoms with Crippen LogP contribution in [0.2, 0.25) is 0 Å². The lowest BCUT2D eigenvalue weighted by Crippen LogP contribution is -2.40. The summed E-state index contributed by atoms with van der Waals surface area (Å²) in [6, 6.07) is -0.566. The summed E-state index contributed by atoms with van der Waals surface area (Å²) in [6.07, 6.45) is -0.0467. The number of carbonyl (C=O) groups excluding carboxylic acids is 1. The number of aliphatic carboxylic acids is 1. The number of rotatable bonds is 4. The number of carboxylic acid groups (broad SMARTS) is 1. The molecule has 5 heteroatoms. The first-order valence-electron chi connectivity index (χ1n) is 3.67. The van der Waals surface area contributed by atoms with Crippen molar-refractivity contribution in [2.45, 2.75) is 19.4 Å². The van der Waals surface area contributed by atoms with E-state index in [1.54, 1.807) is 6.92 Å². The van der Waals surface area contributed by atoms with E-state index >= 15 is 0 Å². The standard InChI is InChI=1S/C7H14N2O3/c1-5(8)7(12)9(2)4-3-6(10)11/h5H,3-4,8H2,1-2H3,(H,10,11). The second-order valence-corrected chi connectivity index (χ2v) is 2.69. The molecule has 0 saturated carbocycles. The second-order valence-electron chi connectivity index (χ2n) is 2.69. The maximum atomic E-state index is 11.1. The van der Waals surface area contributed by atoms with Crippen LogP contribution in [0.5, 0.6) is 0 Å². The Morgan fingerprint density at radius 3 is 2.42 bits per heavy atom. The second kappa shape index (κ2) is 4.71. The Labute approximate surface area is 71.1 Å². The Bertz CT molecular complexity index is 179. The third-order valence-corrected chi connectivity index (χ3v) is 1.43. The molecule has 0 aliphatic carbocycles. The van der Waals surface area contributed by atoms with Crippen LogP contribution in [0.3, 0.4) is 0 Å². The molecule has 0 bridgehead atoms. The largest absolute Gasteiger partial charge is 0.481 e. The molecule has 0 aromatic rings. The maximum absolute atomic E-state index is 11.1. The first kappa shape index (κ1) is 10.9. The first-order chi connectivity index (χ1) is 5.45. The average Bonchev–Trinajstić information content (AvgIpc) is 1.98. The van der Waals surface area contributed by atoms with E-state index in [1.165, 1.54) is 11.9 Å². The van der Waals surface area contributed by atoms with Crippen molar-refractivity contribution in [3.63, 3.8) is 0 Å². The van der Waals surface area contributed by atoms with Gasteiger partial charge in [-0.3, -0.25) is 9.59 Å². The van der Waals surface area contributed by atoms with Gasteiger partial charge in [-0.05, 0) is 6.92 Å². The van der Waals surface area contributed by atoms with E-state index in [0.717, 1.165) is 0 Å². The molecule has 5 nitrogen and oxygen atoms in total. The molecule has 0 fully saturated rings. The van der Waals surface area contributed by atoms with Gasteiger partial charge in [0, 0.05) is 13.6 Å². The van der Waals surface area contributed by atoms with Gasteiger partial charge in [-0.1, -0.05) is 0 Å². The first-order valence-corrected chi connectivity index (χ1v) is 3.67. The molecule has 1 amide bonds. The van der Waals surface area contributed by atoms with Crippen LogP contribution in [-0.2, 0) is 9.59 Å². The highest BCUT2D eigenvalue weighted by molar-refractivity contribution is 5.81. The summed E-state index contributed by atoms with van der Waals surface area (Å²) in [5, 5.41) is 8.31. The summed E-state index contributed by atoms with van der Waals surface area (Å²) in [7, 11) is 1.54. The number of carbonyl (C=O) groups is 2. The number of amides is 1. The van der Waals surface area contributed by atoms with Crippen molar-refractivity contribution < 1.29 is 14.7 Å². The summed E-state index contributed by atoms with van der Waals surface area (Å²) in [5.74, 6) is -1.16. The van der Waals surface area contributed by atoms with Crippen LogP contribution in [0.25, 0.3) is 0 Å². The lowest BCUT2D eigenvalue weighted by atomic mass is 10.3. The zero-order valence-corrected chi connectivity index (χ0v) is 7.28. The Hall–Kier alpha value is -1.10. The predicted molar refractivity (Wildman–Crippen MR) is 43.5 cm³/mol. The molecule has 1 atom stereocenters. The van der Waals surface area contributed by atoms with Gasteiger partial charge in [-0.25, -0.2) is 0 Å². The maximum Gasteiger partial charge on any atom is 0.305 e. The summed E-state index contributed by atoms with van der Waals surface area (Å²) in [6.45, 7) is 1.77. The van der Waals surface area contributed by atoms with Crippen LogP contribution in [0, 0.1) is 0 Å². The predicted octanol–water partition coefficient (Wildman–Crippen LogP) is -0.733. The smallest absolute Gasteiger partial charge is 0.305 e. The van der Waals surface area contributed by atoms with Gasteiger partial charge < -0.3 is 15.7 Å². The quantitative estimate of drug-likeness (QED) is 0.588. The van der Waals surface area contributed by atoms with Gasteiger partial charge in [-0.15, -0.1) is 0 Å². The fourth-order valence-corrected chi connectivity index (χ4v) is 0.721. The Balaban J connectivity index is 3.79. The van der Waals surface area contributed by atoms with Gasteiger partial charge >= 0.3 is 5.97 Å². The lowest BCUT2D eigenvalue weighted by molar-refractivity contribution is -0.138. The van der Waals surface area contributed by atoms with E-state index < -0.39 is 12.0 Å². The Kier molecular flexibility index (Phi) is 4.28. The fourth-order valence-electron chi connectivity index (χ4n) is 0.721.